The molecule has 2 rings (SSSR count). The molecule has 2 atom stereocenters. The molecule has 0 spiro atoms. The van der Waals surface area contributed by atoms with E-state index in [2.05, 4.69) is 5.32 Å². The Balaban J connectivity index is 2.48. The number of carbonyl (C=O) groups excluding carboxylic acids is 2. The highest BCUT2D eigenvalue weighted by Gasteiger charge is 2.31. The van der Waals surface area contributed by atoms with Gasteiger partial charge in [0.15, 0.2) is 0 Å². The highest BCUT2D eigenvalue weighted by atomic mass is 32.2. The van der Waals surface area contributed by atoms with Crippen LogP contribution in [0.4, 0.5) is 5.69 Å². The zero-order valence-corrected chi connectivity index (χ0v) is 22.9. The van der Waals surface area contributed by atoms with Crippen molar-refractivity contribution in [1.29, 1.82) is 0 Å². The average Bonchev–Trinajstić information content (AvgIpc) is 2.84. The van der Waals surface area contributed by atoms with Gasteiger partial charge in [-0.15, -0.1) is 0 Å². The molecule has 2 aromatic carbocycles. The van der Waals surface area contributed by atoms with Gasteiger partial charge in [0, 0.05) is 18.7 Å². The topological polar surface area (TPSA) is 105 Å². The number of amides is 2. The van der Waals surface area contributed by atoms with E-state index in [4.69, 9.17) is 9.47 Å². The maximum absolute atomic E-state index is 13.7. The van der Waals surface area contributed by atoms with Crippen molar-refractivity contribution in [3.63, 3.8) is 0 Å². The number of ether oxygens (including phenoxy) is 2. The number of nitrogens with one attached hydrogen (secondary N) is 1. The summed E-state index contributed by atoms with van der Waals surface area (Å²) >= 11 is 0. The third-order valence-corrected chi connectivity index (χ3v) is 7.06. The van der Waals surface area contributed by atoms with Gasteiger partial charge in [0.05, 0.1) is 26.2 Å². The van der Waals surface area contributed by atoms with Crippen LogP contribution in [0.5, 0.6) is 11.5 Å². The fourth-order valence-electron chi connectivity index (χ4n) is 3.64. The lowest BCUT2D eigenvalue weighted by Gasteiger charge is -2.32. The zero-order chi connectivity index (χ0) is 27.0. The molecule has 0 bridgehead atoms. The van der Waals surface area contributed by atoms with Gasteiger partial charge in [-0.2, -0.15) is 0 Å². The fourth-order valence-corrected chi connectivity index (χ4v) is 4.49. The van der Waals surface area contributed by atoms with Crippen LogP contribution in [0.15, 0.2) is 42.5 Å². The highest BCUT2D eigenvalue weighted by molar-refractivity contribution is 7.92. The second-order valence-corrected chi connectivity index (χ2v) is 10.7. The summed E-state index contributed by atoms with van der Waals surface area (Å²) in [6.07, 6.45) is 1.75. The molecule has 0 fully saturated rings. The van der Waals surface area contributed by atoms with E-state index in [0.29, 0.717) is 5.75 Å². The minimum Gasteiger partial charge on any atom is -0.497 e. The molecule has 0 heterocycles. The number of nitrogens with zero attached hydrogens (tertiary/aromatic N) is 2. The summed E-state index contributed by atoms with van der Waals surface area (Å²) in [5, 5.41) is 2.91. The molecule has 1 N–H and O–H groups in total. The molecule has 2 amide bonds. The van der Waals surface area contributed by atoms with Crippen LogP contribution >= 0.6 is 0 Å². The van der Waals surface area contributed by atoms with Gasteiger partial charge in [-0.1, -0.05) is 36.8 Å². The molecule has 0 aliphatic rings. The first-order valence-corrected chi connectivity index (χ1v) is 13.6. The lowest BCUT2D eigenvalue weighted by atomic mass is 10.1. The molecule has 198 valence electrons. The molecule has 36 heavy (non-hydrogen) atoms. The van der Waals surface area contributed by atoms with Crippen LogP contribution in [0.3, 0.4) is 0 Å². The van der Waals surface area contributed by atoms with E-state index in [1.165, 1.54) is 25.2 Å². The molecule has 0 saturated carbocycles. The first kappa shape index (κ1) is 29.0. The van der Waals surface area contributed by atoms with Gasteiger partial charge in [0.25, 0.3) is 0 Å². The van der Waals surface area contributed by atoms with Crippen molar-refractivity contribution >= 4 is 27.5 Å². The van der Waals surface area contributed by atoms with E-state index in [1.54, 1.807) is 19.1 Å². The number of aryl methyl sites for hydroxylation is 1. The van der Waals surface area contributed by atoms with E-state index in [-0.39, 0.29) is 29.9 Å². The third-order valence-electron chi connectivity index (χ3n) is 5.94. The normalized spacial score (nSPS) is 12.9. The summed E-state index contributed by atoms with van der Waals surface area (Å²) in [7, 11) is -1.03. The van der Waals surface area contributed by atoms with Crippen LogP contribution in [0.1, 0.15) is 38.3 Å². The van der Waals surface area contributed by atoms with Gasteiger partial charge in [0.1, 0.15) is 24.1 Å². The van der Waals surface area contributed by atoms with Crippen molar-refractivity contribution in [3.05, 3.63) is 53.6 Å². The van der Waals surface area contributed by atoms with E-state index in [1.807, 2.05) is 45.0 Å². The summed E-state index contributed by atoms with van der Waals surface area (Å²) in [5.41, 5.74) is 2.01. The molecule has 10 heteroatoms. The molecule has 0 unspecified atom stereocenters. The van der Waals surface area contributed by atoms with Crippen LogP contribution in [0, 0.1) is 6.92 Å². The van der Waals surface area contributed by atoms with E-state index in [0.717, 1.165) is 28.1 Å². The van der Waals surface area contributed by atoms with Gasteiger partial charge in [0.2, 0.25) is 21.8 Å². The maximum Gasteiger partial charge on any atom is 0.244 e. The Labute approximate surface area is 214 Å². The Bertz CT molecular complexity index is 1170. The van der Waals surface area contributed by atoms with Crippen molar-refractivity contribution in [2.75, 3.05) is 31.3 Å². The molecule has 0 aliphatic carbocycles. The Morgan fingerprint density at radius 1 is 1.06 bits per heavy atom. The van der Waals surface area contributed by atoms with E-state index < -0.39 is 28.5 Å². The second kappa shape index (κ2) is 12.6. The molecule has 9 nitrogen and oxygen atoms in total. The predicted octanol–water partition coefficient (Wildman–Crippen LogP) is 3.11. The van der Waals surface area contributed by atoms with Crippen LogP contribution in [0.2, 0.25) is 0 Å². The van der Waals surface area contributed by atoms with Gasteiger partial charge in [-0.3, -0.25) is 13.9 Å². The van der Waals surface area contributed by atoms with Crippen LogP contribution in [-0.2, 0) is 26.2 Å². The van der Waals surface area contributed by atoms with Crippen LogP contribution in [-0.4, -0.2) is 64.2 Å². The van der Waals surface area contributed by atoms with Gasteiger partial charge in [-0.25, -0.2) is 8.42 Å². The monoisotopic (exact) mass is 519 g/mol. The van der Waals surface area contributed by atoms with Gasteiger partial charge < -0.3 is 19.7 Å². The number of anilines is 1. The summed E-state index contributed by atoms with van der Waals surface area (Å²) in [5.74, 6) is -0.166. The number of hydrogen-bond acceptors (Lipinski definition) is 6. The third kappa shape index (κ3) is 7.61. The van der Waals surface area contributed by atoms with Gasteiger partial charge in [-0.05, 0) is 44.9 Å². The molecular formula is C26H37N3O6S. The largest absolute Gasteiger partial charge is 0.497 e. The summed E-state index contributed by atoms with van der Waals surface area (Å²) in [6, 6.07) is 11.4. The minimum absolute atomic E-state index is 0.0653. The number of methoxy groups -OCH3 is 2. The Kier molecular flexibility index (Phi) is 10.2. The molecule has 0 aliphatic heterocycles. The maximum atomic E-state index is 13.7. The number of benzene rings is 2. The number of sulfonamides is 1. The number of rotatable bonds is 12. The van der Waals surface area contributed by atoms with E-state index >= 15 is 0 Å². The smallest absolute Gasteiger partial charge is 0.244 e. The standard InChI is InChI=1S/C26H37N3O6S/c1-8-19(3)27-26(31)20(4)28(16-21-11-9-10-18(2)14-21)25(30)17-29(36(7,32)33)23-15-22(34-5)12-13-24(23)35-6/h9-15,19-20H,8,16-17H2,1-7H3,(H,27,31)/t19-,20-/m0/s1. The lowest BCUT2D eigenvalue weighted by molar-refractivity contribution is -0.139. The lowest BCUT2D eigenvalue weighted by Crippen LogP contribution is -2.52. The molecule has 0 saturated heterocycles. The average molecular weight is 520 g/mol. The Morgan fingerprint density at radius 2 is 1.75 bits per heavy atom. The summed E-state index contributed by atoms with van der Waals surface area (Å²) in [6.45, 7) is 7.05. The highest BCUT2D eigenvalue weighted by Crippen LogP contribution is 2.34. The molecular weight excluding hydrogens is 482 g/mol. The van der Waals surface area contributed by atoms with E-state index in [9.17, 15) is 18.0 Å². The first-order chi connectivity index (χ1) is 16.9. The first-order valence-electron chi connectivity index (χ1n) is 11.8. The number of carbonyl (C=O) groups is 2. The summed E-state index contributed by atoms with van der Waals surface area (Å²) in [4.78, 5) is 28.1. The van der Waals surface area contributed by atoms with Crippen molar-refractivity contribution in [2.24, 2.45) is 0 Å². The Morgan fingerprint density at radius 3 is 2.31 bits per heavy atom. The van der Waals surface area contributed by atoms with Crippen LogP contribution < -0.4 is 19.1 Å². The SMILES string of the molecule is CC[C@H](C)NC(=O)[C@H](C)N(Cc1cccc(C)c1)C(=O)CN(c1cc(OC)ccc1OC)S(C)(=O)=O. The fraction of sp³-hybridized carbons (Fsp3) is 0.462. The quantitative estimate of drug-likeness (QED) is 0.462. The number of hydrogen-bond donors (Lipinski definition) is 1. The van der Waals surface area contributed by atoms with Crippen molar-refractivity contribution in [1.82, 2.24) is 10.2 Å². The van der Waals surface area contributed by atoms with Crippen molar-refractivity contribution < 1.29 is 27.5 Å². The minimum atomic E-state index is -3.90. The van der Waals surface area contributed by atoms with Gasteiger partial charge >= 0.3 is 0 Å². The van der Waals surface area contributed by atoms with Crippen molar-refractivity contribution in [3.8, 4) is 11.5 Å². The van der Waals surface area contributed by atoms with Crippen molar-refractivity contribution in [2.45, 2.75) is 52.7 Å². The summed E-state index contributed by atoms with van der Waals surface area (Å²) < 4.78 is 37.2. The van der Waals surface area contributed by atoms with Crippen LogP contribution in [0.25, 0.3) is 0 Å². The molecule has 0 aromatic heterocycles. The Hall–Kier alpha value is -3.27. The predicted molar refractivity (Wildman–Crippen MR) is 141 cm³/mol. The molecule has 2 aromatic rings. The zero-order valence-electron chi connectivity index (χ0n) is 22.1. The molecule has 0 radical (unpaired) electrons. The second-order valence-electron chi connectivity index (χ2n) is 8.81.